The maximum Gasteiger partial charge on any atom is 0.160 e. The van der Waals surface area contributed by atoms with Crippen LogP contribution < -0.4 is 0 Å². The molecule has 0 unspecified atom stereocenters. The molecule has 6 heteroatoms. The third-order valence-corrected chi connectivity index (χ3v) is 11.0. The number of hydrogen-bond acceptors (Lipinski definition) is 5. The Morgan fingerprint density at radius 2 is 1.26 bits per heavy atom. The molecule has 11 rings (SSSR count). The van der Waals surface area contributed by atoms with E-state index in [0.29, 0.717) is 5.82 Å². The topological polar surface area (TPSA) is 56.5 Å². The molecule has 5 nitrogen and oxygen atoms in total. The number of rotatable bonds is 3. The predicted octanol–water partition coefficient (Wildman–Crippen LogP) is 11.5. The number of fused-ring (bicyclic) bond motifs is 11. The highest BCUT2D eigenvalue weighted by Crippen LogP contribution is 2.41. The number of nitrogens with zero attached hydrogens (tertiary/aromatic N) is 5. The zero-order valence-electron chi connectivity index (χ0n) is 26.6. The van der Waals surface area contributed by atoms with Crippen LogP contribution in [0.3, 0.4) is 0 Å². The summed E-state index contributed by atoms with van der Waals surface area (Å²) in [4.78, 5) is 20.7. The van der Waals surface area contributed by atoms with Crippen molar-refractivity contribution in [2.24, 2.45) is 0 Å². The van der Waals surface area contributed by atoms with Crippen molar-refractivity contribution in [3.63, 3.8) is 0 Å². The van der Waals surface area contributed by atoms with Gasteiger partial charge in [0.15, 0.2) is 5.82 Å². The quantitative estimate of drug-likeness (QED) is 0.178. The fourth-order valence-electron chi connectivity index (χ4n) is 7.55. The van der Waals surface area contributed by atoms with E-state index in [-0.39, 0.29) is 0 Å². The predicted molar refractivity (Wildman–Crippen MR) is 208 cm³/mol. The molecule has 0 aliphatic heterocycles. The van der Waals surface area contributed by atoms with Crippen molar-refractivity contribution in [3.05, 3.63) is 152 Å². The van der Waals surface area contributed by atoms with Gasteiger partial charge in [-0.2, -0.15) is 0 Å². The molecule has 11 aromatic rings. The van der Waals surface area contributed by atoms with Gasteiger partial charge < -0.3 is 0 Å². The Balaban J connectivity index is 1.21. The largest absolute Gasteiger partial charge is 0.278 e. The first-order valence-electron chi connectivity index (χ1n) is 16.6. The van der Waals surface area contributed by atoms with Gasteiger partial charge in [-0.3, -0.25) is 4.57 Å². The number of aromatic nitrogens is 5. The second kappa shape index (κ2) is 10.5. The van der Waals surface area contributed by atoms with Crippen LogP contribution in [-0.2, 0) is 0 Å². The van der Waals surface area contributed by atoms with E-state index in [1.165, 1.54) is 30.9 Å². The number of pyridine rings is 2. The molecule has 0 bridgehead atoms. The highest BCUT2D eigenvalue weighted by atomic mass is 32.1. The van der Waals surface area contributed by atoms with Gasteiger partial charge in [0.05, 0.1) is 16.7 Å². The smallest absolute Gasteiger partial charge is 0.160 e. The minimum Gasteiger partial charge on any atom is -0.278 e. The van der Waals surface area contributed by atoms with Crippen LogP contribution in [0.5, 0.6) is 0 Å². The van der Waals surface area contributed by atoms with Crippen LogP contribution >= 0.6 is 11.3 Å². The lowest BCUT2D eigenvalue weighted by Gasteiger charge is -2.13. The van der Waals surface area contributed by atoms with Crippen LogP contribution in [0.15, 0.2) is 152 Å². The molecule has 0 atom stereocenters. The van der Waals surface area contributed by atoms with Gasteiger partial charge in [-0.25, -0.2) is 19.9 Å². The van der Waals surface area contributed by atoms with E-state index in [1.54, 1.807) is 0 Å². The summed E-state index contributed by atoms with van der Waals surface area (Å²) in [6.07, 6.45) is 1.84. The standard InChI is InChI=1S/C44H25N5S/c1-2-10-28(11-3-1)43-47-40(29-18-21-36-34(25-29)39-30-12-5-4-9-26(30)17-22-37(39)50-36)33-20-16-27-19-23-38(46-41(27)42(33)48-43)49-35-15-7-6-13-31(35)32-14-8-24-45-44(32)49/h1-25H. The van der Waals surface area contributed by atoms with Crippen molar-refractivity contribution in [3.8, 4) is 28.5 Å². The Morgan fingerprint density at radius 1 is 0.480 bits per heavy atom. The van der Waals surface area contributed by atoms with Crippen LogP contribution in [0.25, 0.3) is 103 Å². The summed E-state index contributed by atoms with van der Waals surface area (Å²) >= 11 is 1.84. The maximum absolute atomic E-state index is 5.37. The van der Waals surface area contributed by atoms with E-state index in [0.717, 1.165) is 66.4 Å². The molecule has 0 radical (unpaired) electrons. The van der Waals surface area contributed by atoms with Gasteiger partial charge in [-0.05, 0) is 65.4 Å². The zero-order chi connectivity index (χ0) is 32.8. The van der Waals surface area contributed by atoms with Crippen LogP contribution in [0, 0.1) is 0 Å². The van der Waals surface area contributed by atoms with E-state index in [4.69, 9.17) is 19.9 Å². The minimum atomic E-state index is 0.673. The number of benzene rings is 6. The lowest BCUT2D eigenvalue weighted by atomic mass is 9.99. The molecule has 0 saturated heterocycles. The number of hydrogen-bond donors (Lipinski definition) is 0. The van der Waals surface area contributed by atoms with E-state index >= 15 is 0 Å². The van der Waals surface area contributed by atoms with E-state index in [2.05, 4.69) is 126 Å². The normalized spacial score (nSPS) is 12.0. The van der Waals surface area contributed by atoms with Crippen molar-refractivity contribution < 1.29 is 0 Å². The van der Waals surface area contributed by atoms with Crippen LogP contribution in [0.2, 0.25) is 0 Å². The van der Waals surface area contributed by atoms with Gasteiger partial charge in [-0.1, -0.05) is 91.0 Å². The average Bonchev–Trinajstić information content (AvgIpc) is 3.73. The van der Waals surface area contributed by atoms with Crippen molar-refractivity contribution in [2.45, 2.75) is 0 Å². The Kier molecular flexibility index (Phi) is 5.76. The molecule has 232 valence electrons. The number of thiophene rings is 1. The molecule has 0 N–H and O–H groups in total. The lowest BCUT2D eigenvalue weighted by Crippen LogP contribution is -2.01. The first-order valence-corrected chi connectivity index (χ1v) is 17.5. The fourth-order valence-corrected chi connectivity index (χ4v) is 8.65. The molecule has 0 aliphatic carbocycles. The van der Waals surface area contributed by atoms with Gasteiger partial charge in [0.2, 0.25) is 0 Å². The second-order valence-corrected chi connectivity index (χ2v) is 13.7. The molecule has 6 aromatic carbocycles. The molecule has 5 heterocycles. The summed E-state index contributed by atoms with van der Waals surface area (Å²) in [7, 11) is 0. The van der Waals surface area contributed by atoms with Crippen molar-refractivity contribution in [1.29, 1.82) is 0 Å². The average molecular weight is 656 g/mol. The van der Waals surface area contributed by atoms with Gasteiger partial charge >= 0.3 is 0 Å². The third-order valence-electron chi connectivity index (χ3n) is 9.84. The molecule has 0 spiro atoms. The van der Waals surface area contributed by atoms with Crippen LogP contribution in [0.1, 0.15) is 0 Å². The highest BCUT2D eigenvalue weighted by Gasteiger charge is 2.19. The minimum absolute atomic E-state index is 0.673. The molecule has 0 amide bonds. The molecule has 5 aromatic heterocycles. The van der Waals surface area contributed by atoms with Gasteiger partial charge in [0, 0.05) is 59.0 Å². The second-order valence-electron chi connectivity index (χ2n) is 12.7. The molecule has 50 heavy (non-hydrogen) atoms. The van der Waals surface area contributed by atoms with Crippen LogP contribution in [0.4, 0.5) is 0 Å². The van der Waals surface area contributed by atoms with Gasteiger partial charge in [-0.15, -0.1) is 11.3 Å². The Bertz CT molecular complexity index is 3110. The van der Waals surface area contributed by atoms with Crippen molar-refractivity contribution >= 4 is 86.0 Å². The highest BCUT2D eigenvalue weighted by molar-refractivity contribution is 7.26. The van der Waals surface area contributed by atoms with Crippen molar-refractivity contribution in [1.82, 2.24) is 24.5 Å². The van der Waals surface area contributed by atoms with E-state index in [1.807, 2.05) is 41.8 Å². The molecule has 0 fully saturated rings. The monoisotopic (exact) mass is 655 g/mol. The summed E-state index contributed by atoms with van der Waals surface area (Å²) in [6.45, 7) is 0. The zero-order valence-corrected chi connectivity index (χ0v) is 27.4. The van der Waals surface area contributed by atoms with E-state index < -0.39 is 0 Å². The first-order chi connectivity index (χ1) is 24.8. The Labute approximate surface area is 289 Å². The van der Waals surface area contributed by atoms with Crippen LogP contribution in [-0.4, -0.2) is 24.5 Å². The Hall–Kier alpha value is -6.50. The fraction of sp³-hybridized carbons (Fsp3) is 0. The summed E-state index contributed by atoms with van der Waals surface area (Å²) in [6, 6.07) is 51.1. The first kappa shape index (κ1) is 27.5. The third kappa shape index (κ3) is 4.00. The van der Waals surface area contributed by atoms with E-state index in [9.17, 15) is 0 Å². The Morgan fingerprint density at radius 3 is 2.20 bits per heavy atom. The number of para-hydroxylation sites is 1. The SMILES string of the molecule is c1ccc(-c2nc(-c3ccc4sc5ccc6ccccc6c5c4c3)c3ccc4ccc(-n5c6ccccc6c6cccnc65)nc4c3n2)cc1. The molecular weight excluding hydrogens is 631 g/mol. The summed E-state index contributed by atoms with van der Waals surface area (Å²) < 4.78 is 4.71. The lowest BCUT2D eigenvalue weighted by molar-refractivity contribution is 1.07. The van der Waals surface area contributed by atoms with Gasteiger partial charge in [0.25, 0.3) is 0 Å². The summed E-state index contributed by atoms with van der Waals surface area (Å²) in [5, 5.41) is 9.29. The van der Waals surface area contributed by atoms with Crippen molar-refractivity contribution in [2.75, 3.05) is 0 Å². The molecule has 0 aliphatic rings. The molecule has 0 saturated carbocycles. The maximum atomic E-state index is 5.37. The van der Waals surface area contributed by atoms with Gasteiger partial charge in [0.1, 0.15) is 17.0 Å². The molecular formula is C44H25N5S. The summed E-state index contributed by atoms with van der Waals surface area (Å²) in [5.74, 6) is 1.47. The summed E-state index contributed by atoms with van der Waals surface area (Å²) in [5.41, 5.74) is 6.50.